The van der Waals surface area contributed by atoms with Crippen LogP contribution in [0.2, 0.25) is 25.7 Å². The zero-order valence-electron chi connectivity index (χ0n) is 8.74. The van der Waals surface area contributed by atoms with Crippen LogP contribution in [0.25, 0.3) is 0 Å². The minimum atomic E-state index is -4.76. The normalized spacial score (nSPS) is 12.5. The summed E-state index contributed by atoms with van der Waals surface area (Å²) in [6, 6.07) is 0.791. The van der Waals surface area contributed by atoms with Gasteiger partial charge in [-0.1, -0.05) is 19.6 Å². The van der Waals surface area contributed by atoms with Crippen LogP contribution in [-0.2, 0) is 4.74 Å². The van der Waals surface area contributed by atoms with Crippen LogP contribution in [0.5, 0.6) is 0 Å². The largest absolute Gasteiger partial charge is 1.00 e. The van der Waals surface area contributed by atoms with E-state index in [4.69, 9.17) is 0 Å². The van der Waals surface area contributed by atoms with Gasteiger partial charge in [0.05, 0.1) is 0 Å². The summed E-state index contributed by atoms with van der Waals surface area (Å²) in [7, 11) is -1.24. The molecule has 1 nitrogen and oxygen atoms in total. The maximum Gasteiger partial charge on any atom is 1.00 e. The first-order valence-corrected chi connectivity index (χ1v) is 7.70. The molecular formula is C6H15BF3KOSi. The quantitative estimate of drug-likeness (QED) is 0.473. The molecule has 0 bridgehead atoms. The summed E-state index contributed by atoms with van der Waals surface area (Å²) in [5, 5.41) is 0. The van der Waals surface area contributed by atoms with Gasteiger partial charge in [-0.3, -0.25) is 0 Å². The van der Waals surface area contributed by atoms with E-state index in [9.17, 15) is 12.9 Å². The van der Waals surface area contributed by atoms with Crippen molar-refractivity contribution in [3.8, 4) is 0 Å². The standard InChI is InChI=1S/C6H15BF3OSi.K/c1-12(2,3)5-4-11-6-7(8,9)10;/h4-6H2,1-3H3;/q-1;+1. The second kappa shape index (κ2) is 7.03. The molecule has 13 heavy (non-hydrogen) atoms. The first-order chi connectivity index (χ1) is 5.21. The zero-order chi connectivity index (χ0) is 9.83. The van der Waals surface area contributed by atoms with E-state index >= 15 is 0 Å². The van der Waals surface area contributed by atoms with Crippen LogP contribution >= 0.6 is 0 Å². The Kier molecular flexibility index (Phi) is 9.23. The van der Waals surface area contributed by atoms with Crippen LogP contribution in [0.3, 0.4) is 0 Å². The minimum absolute atomic E-state index is 0. The Labute approximate surface area is 121 Å². The molecule has 7 heteroatoms. The third-order valence-electron chi connectivity index (χ3n) is 1.30. The molecule has 0 aliphatic heterocycles. The van der Waals surface area contributed by atoms with E-state index < -0.39 is 21.6 Å². The Hall–Kier alpha value is 1.67. The third kappa shape index (κ3) is 16.4. The Morgan fingerprint density at radius 3 is 1.92 bits per heavy atom. The van der Waals surface area contributed by atoms with E-state index in [0.717, 1.165) is 6.04 Å². The zero-order valence-corrected chi connectivity index (χ0v) is 12.9. The molecule has 0 aromatic heterocycles. The molecule has 0 atom stereocenters. The summed E-state index contributed by atoms with van der Waals surface area (Å²) in [5.41, 5.74) is 0. The molecule has 0 rings (SSSR count). The fourth-order valence-electron chi connectivity index (χ4n) is 0.595. The van der Waals surface area contributed by atoms with Gasteiger partial charge in [-0.25, -0.2) is 0 Å². The minimum Gasteiger partial charge on any atom is -0.447 e. The first kappa shape index (κ1) is 17.1. The van der Waals surface area contributed by atoms with Crippen LogP contribution in [0.1, 0.15) is 0 Å². The van der Waals surface area contributed by atoms with Crippen LogP contribution in [-0.4, -0.2) is 28.2 Å². The second-order valence-corrected chi connectivity index (χ2v) is 9.72. The maximum atomic E-state index is 11.6. The fourth-order valence-corrected chi connectivity index (χ4v) is 1.35. The van der Waals surface area contributed by atoms with E-state index in [1.807, 2.05) is 0 Å². The van der Waals surface area contributed by atoms with E-state index in [-0.39, 0.29) is 58.0 Å². The second-order valence-electron chi connectivity index (χ2n) is 4.10. The maximum absolute atomic E-state index is 11.6. The number of hydrogen-bond donors (Lipinski definition) is 0. The monoisotopic (exact) mass is 238 g/mol. The Morgan fingerprint density at radius 1 is 1.15 bits per heavy atom. The Balaban J connectivity index is 0. The van der Waals surface area contributed by atoms with Crippen LogP contribution < -0.4 is 51.4 Å². The molecule has 0 N–H and O–H groups in total. The third-order valence-corrected chi connectivity index (χ3v) is 3.01. The average Bonchev–Trinajstić information content (AvgIpc) is 1.76. The van der Waals surface area contributed by atoms with Crippen LogP contribution in [0.4, 0.5) is 12.9 Å². The molecule has 0 aromatic rings. The molecule has 0 spiro atoms. The van der Waals surface area contributed by atoms with Crippen molar-refractivity contribution in [2.45, 2.75) is 25.7 Å². The molecule has 0 aliphatic carbocycles. The molecule has 0 unspecified atom stereocenters. The van der Waals surface area contributed by atoms with Gasteiger partial charge < -0.3 is 17.7 Å². The van der Waals surface area contributed by atoms with E-state index in [1.54, 1.807) is 0 Å². The predicted octanol–water partition coefficient (Wildman–Crippen LogP) is -0.268. The van der Waals surface area contributed by atoms with E-state index in [0.29, 0.717) is 0 Å². The number of ether oxygens (including phenoxy) is 1. The van der Waals surface area contributed by atoms with Crippen molar-refractivity contribution in [2.75, 3.05) is 13.1 Å². The van der Waals surface area contributed by atoms with Gasteiger partial charge in [-0.15, -0.1) is 0 Å². The molecule has 0 radical (unpaired) electrons. The summed E-state index contributed by atoms with van der Waals surface area (Å²) in [5.74, 6) is 0. The first-order valence-electron chi connectivity index (χ1n) is 3.99. The van der Waals surface area contributed by atoms with Crippen molar-refractivity contribution in [1.82, 2.24) is 0 Å². The molecule has 0 aliphatic rings. The molecular weight excluding hydrogens is 223 g/mol. The van der Waals surface area contributed by atoms with Crippen molar-refractivity contribution < 1.29 is 69.1 Å². The van der Waals surface area contributed by atoms with Gasteiger partial charge in [0.25, 0.3) is 0 Å². The molecule has 0 amide bonds. The summed E-state index contributed by atoms with van der Waals surface area (Å²) in [6.45, 7) is 0.758. The van der Waals surface area contributed by atoms with Gasteiger partial charge in [0, 0.05) is 21.2 Å². The van der Waals surface area contributed by atoms with Crippen molar-refractivity contribution in [3.05, 3.63) is 0 Å². The van der Waals surface area contributed by atoms with Gasteiger partial charge in [0.1, 0.15) is 0 Å². The molecule has 0 saturated carbocycles. The molecule has 0 fully saturated rings. The number of hydrogen-bond acceptors (Lipinski definition) is 1. The van der Waals surface area contributed by atoms with Gasteiger partial charge in [0.2, 0.25) is 0 Å². The predicted molar refractivity (Wildman–Crippen MR) is 48.1 cm³/mol. The Bertz CT molecular complexity index is 121. The van der Waals surface area contributed by atoms with Gasteiger partial charge in [-0.2, -0.15) is 0 Å². The summed E-state index contributed by atoms with van der Waals surface area (Å²) in [6.07, 6.45) is 0. The molecule has 0 saturated heterocycles. The number of rotatable bonds is 5. The molecule has 0 aromatic carbocycles. The fraction of sp³-hybridized carbons (Fsp3) is 1.00. The molecule has 0 heterocycles. The Morgan fingerprint density at radius 2 is 1.62 bits per heavy atom. The summed E-state index contributed by atoms with van der Waals surface area (Å²) >= 11 is 0. The van der Waals surface area contributed by atoms with Gasteiger partial charge in [-0.05, 0) is 6.04 Å². The van der Waals surface area contributed by atoms with Crippen molar-refractivity contribution in [1.29, 1.82) is 0 Å². The van der Waals surface area contributed by atoms with Gasteiger partial charge >= 0.3 is 58.4 Å². The summed E-state index contributed by atoms with van der Waals surface area (Å²) in [4.78, 5) is 0. The molecule has 74 valence electrons. The summed E-state index contributed by atoms with van der Waals surface area (Å²) < 4.78 is 39.4. The van der Waals surface area contributed by atoms with Crippen molar-refractivity contribution >= 4 is 15.1 Å². The van der Waals surface area contributed by atoms with Crippen molar-refractivity contribution in [3.63, 3.8) is 0 Å². The SMILES string of the molecule is C[Si](C)(C)CCOC[B-](F)(F)F.[K+]. The van der Waals surface area contributed by atoms with E-state index in [1.165, 1.54) is 0 Å². The van der Waals surface area contributed by atoms with Crippen molar-refractivity contribution in [2.24, 2.45) is 0 Å². The van der Waals surface area contributed by atoms with Crippen LogP contribution in [0, 0.1) is 0 Å². The smallest absolute Gasteiger partial charge is 0.447 e. The van der Waals surface area contributed by atoms with Gasteiger partial charge in [0.15, 0.2) is 0 Å². The number of halogens is 3. The van der Waals surface area contributed by atoms with E-state index in [2.05, 4.69) is 24.4 Å². The average molecular weight is 238 g/mol. The topological polar surface area (TPSA) is 9.23 Å². The van der Waals surface area contributed by atoms with Crippen LogP contribution in [0.15, 0.2) is 0 Å².